The molecule has 0 bridgehead atoms. The Kier molecular flexibility index (Phi) is 2.11. The highest BCUT2D eigenvalue weighted by Crippen LogP contribution is 2.23. The van der Waals surface area contributed by atoms with Crippen LogP contribution >= 0.6 is 0 Å². The van der Waals surface area contributed by atoms with E-state index in [1.807, 2.05) is 35.0 Å². The highest BCUT2D eigenvalue weighted by molar-refractivity contribution is 5.73. The van der Waals surface area contributed by atoms with Crippen LogP contribution in [0.3, 0.4) is 0 Å². The summed E-state index contributed by atoms with van der Waals surface area (Å²) in [6, 6.07) is 12.1. The maximum Gasteiger partial charge on any atom is 0.144 e. The first kappa shape index (κ1) is 9.90. The van der Waals surface area contributed by atoms with Gasteiger partial charge in [0.25, 0.3) is 0 Å². The molecule has 2 aromatic heterocycles. The molecule has 17 heavy (non-hydrogen) atoms. The van der Waals surface area contributed by atoms with E-state index in [2.05, 4.69) is 30.1 Å². The second-order valence-electron chi connectivity index (χ2n) is 4.17. The Hall–Kier alpha value is -2.29. The first-order valence-electron chi connectivity index (χ1n) is 5.54. The van der Waals surface area contributed by atoms with Gasteiger partial charge in [-0.2, -0.15) is 0 Å². The fourth-order valence-electron chi connectivity index (χ4n) is 2.04. The third kappa shape index (κ3) is 1.56. The lowest BCUT2D eigenvalue weighted by Gasteiger charge is -2.03. The quantitative estimate of drug-likeness (QED) is 0.689. The Labute approximate surface area is 99.5 Å². The summed E-state index contributed by atoms with van der Waals surface area (Å²) < 4.78 is 2.02. The molecule has 0 saturated heterocycles. The molecule has 2 heterocycles. The van der Waals surface area contributed by atoms with Crippen molar-refractivity contribution in [1.29, 1.82) is 0 Å². The van der Waals surface area contributed by atoms with Gasteiger partial charge in [0.15, 0.2) is 0 Å². The van der Waals surface area contributed by atoms with Crippen LogP contribution in [0.4, 0.5) is 5.69 Å². The van der Waals surface area contributed by atoms with Crippen molar-refractivity contribution in [3.8, 4) is 11.4 Å². The van der Waals surface area contributed by atoms with E-state index in [4.69, 9.17) is 5.73 Å². The van der Waals surface area contributed by atoms with Crippen LogP contribution in [0.25, 0.3) is 16.9 Å². The fourth-order valence-corrected chi connectivity index (χ4v) is 2.04. The molecule has 3 heteroatoms. The minimum atomic E-state index is 0.749. The minimum absolute atomic E-state index is 0.749. The number of fused-ring (bicyclic) bond motifs is 1. The topological polar surface area (TPSA) is 43.3 Å². The highest BCUT2D eigenvalue weighted by atomic mass is 15.0. The van der Waals surface area contributed by atoms with Crippen LogP contribution in [0.2, 0.25) is 0 Å². The number of rotatable bonds is 1. The van der Waals surface area contributed by atoms with Crippen molar-refractivity contribution < 1.29 is 0 Å². The molecule has 0 fully saturated rings. The SMILES string of the molecule is Cc1cccc(-c2ncc3c(N)cccn23)c1. The number of nitrogen functional groups attached to an aromatic ring is 1. The van der Waals surface area contributed by atoms with Crippen LogP contribution in [-0.2, 0) is 0 Å². The van der Waals surface area contributed by atoms with Crippen LogP contribution in [-0.4, -0.2) is 9.38 Å². The van der Waals surface area contributed by atoms with Crippen molar-refractivity contribution in [2.24, 2.45) is 0 Å². The number of pyridine rings is 1. The standard InChI is InChI=1S/C14H13N3/c1-10-4-2-5-11(8-10)14-16-9-13-12(15)6-3-7-17(13)14/h2-9H,15H2,1H3. The van der Waals surface area contributed by atoms with Gasteiger partial charge in [0.2, 0.25) is 0 Å². The summed E-state index contributed by atoms with van der Waals surface area (Å²) in [6.07, 6.45) is 3.80. The fraction of sp³-hybridized carbons (Fsp3) is 0.0714. The molecule has 2 N–H and O–H groups in total. The van der Waals surface area contributed by atoms with E-state index < -0.39 is 0 Å². The molecule has 3 nitrogen and oxygen atoms in total. The molecule has 0 aliphatic rings. The van der Waals surface area contributed by atoms with E-state index in [9.17, 15) is 0 Å². The van der Waals surface area contributed by atoms with E-state index in [0.717, 1.165) is 22.6 Å². The predicted octanol–water partition coefficient (Wildman–Crippen LogP) is 2.89. The van der Waals surface area contributed by atoms with Gasteiger partial charge in [-0.3, -0.25) is 4.40 Å². The Morgan fingerprint density at radius 3 is 2.88 bits per heavy atom. The molecule has 3 aromatic rings. The Morgan fingerprint density at radius 1 is 1.18 bits per heavy atom. The summed E-state index contributed by atoms with van der Waals surface area (Å²) >= 11 is 0. The molecule has 0 spiro atoms. The first-order valence-corrected chi connectivity index (χ1v) is 5.54. The number of nitrogens with zero attached hydrogens (tertiary/aromatic N) is 2. The number of nitrogens with two attached hydrogens (primary N) is 1. The van der Waals surface area contributed by atoms with Gasteiger partial charge in [-0.05, 0) is 25.1 Å². The van der Waals surface area contributed by atoms with Crippen LogP contribution in [0.1, 0.15) is 5.56 Å². The van der Waals surface area contributed by atoms with Gasteiger partial charge in [-0.15, -0.1) is 0 Å². The molecule has 0 atom stereocenters. The second kappa shape index (κ2) is 3.63. The van der Waals surface area contributed by atoms with Crippen LogP contribution in [0.15, 0.2) is 48.8 Å². The molecule has 0 amide bonds. The molecule has 0 aliphatic heterocycles. The largest absolute Gasteiger partial charge is 0.397 e. The average molecular weight is 223 g/mol. The van der Waals surface area contributed by atoms with Crippen molar-refractivity contribution in [1.82, 2.24) is 9.38 Å². The van der Waals surface area contributed by atoms with E-state index in [1.54, 1.807) is 0 Å². The number of anilines is 1. The average Bonchev–Trinajstić information content (AvgIpc) is 2.74. The smallest absolute Gasteiger partial charge is 0.144 e. The zero-order valence-electron chi connectivity index (χ0n) is 9.59. The number of benzene rings is 1. The molecule has 84 valence electrons. The summed E-state index contributed by atoms with van der Waals surface area (Å²) in [7, 11) is 0. The summed E-state index contributed by atoms with van der Waals surface area (Å²) in [5, 5.41) is 0. The summed E-state index contributed by atoms with van der Waals surface area (Å²) in [6.45, 7) is 2.08. The third-order valence-corrected chi connectivity index (χ3v) is 2.88. The Morgan fingerprint density at radius 2 is 2.06 bits per heavy atom. The molecule has 0 saturated carbocycles. The molecule has 0 unspecified atom stereocenters. The van der Waals surface area contributed by atoms with Gasteiger partial charge in [0.1, 0.15) is 5.82 Å². The second-order valence-corrected chi connectivity index (χ2v) is 4.17. The first-order chi connectivity index (χ1) is 8.25. The zero-order chi connectivity index (χ0) is 11.8. The van der Waals surface area contributed by atoms with Crippen LogP contribution in [0, 0.1) is 6.92 Å². The highest BCUT2D eigenvalue weighted by Gasteiger charge is 2.07. The van der Waals surface area contributed by atoms with Gasteiger partial charge in [-0.25, -0.2) is 4.98 Å². The minimum Gasteiger partial charge on any atom is -0.397 e. The Bertz CT molecular complexity index is 683. The molecular formula is C14H13N3. The van der Waals surface area contributed by atoms with Crippen molar-refractivity contribution in [2.75, 3.05) is 5.73 Å². The third-order valence-electron chi connectivity index (χ3n) is 2.88. The monoisotopic (exact) mass is 223 g/mol. The van der Waals surface area contributed by atoms with Gasteiger partial charge in [0.05, 0.1) is 17.4 Å². The molecule has 0 aliphatic carbocycles. The van der Waals surface area contributed by atoms with Crippen LogP contribution < -0.4 is 5.73 Å². The van der Waals surface area contributed by atoms with Crippen molar-refractivity contribution in [3.63, 3.8) is 0 Å². The Balaban J connectivity index is 2.28. The van der Waals surface area contributed by atoms with E-state index in [1.165, 1.54) is 5.56 Å². The summed E-state index contributed by atoms with van der Waals surface area (Å²) in [4.78, 5) is 4.45. The summed E-state index contributed by atoms with van der Waals surface area (Å²) in [5.41, 5.74) is 9.95. The van der Waals surface area contributed by atoms with Crippen molar-refractivity contribution in [2.45, 2.75) is 6.92 Å². The molecule has 0 radical (unpaired) electrons. The van der Waals surface area contributed by atoms with Gasteiger partial charge in [0, 0.05) is 11.8 Å². The van der Waals surface area contributed by atoms with Gasteiger partial charge in [-0.1, -0.05) is 23.8 Å². The lowest BCUT2D eigenvalue weighted by atomic mass is 10.1. The predicted molar refractivity (Wildman–Crippen MR) is 69.8 cm³/mol. The number of aromatic nitrogens is 2. The van der Waals surface area contributed by atoms with E-state index in [0.29, 0.717) is 0 Å². The normalized spacial score (nSPS) is 10.9. The lowest BCUT2D eigenvalue weighted by Crippen LogP contribution is -1.93. The zero-order valence-corrected chi connectivity index (χ0v) is 9.59. The van der Waals surface area contributed by atoms with Gasteiger partial charge >= 0.3 is 0 Å². The van der Waals surface area contributed by atoms with Crippen LogP contribution in [0.5, 0.6) is 0 Å². The van der Waals surface area contributed by atoms with Crippen molar-refractivity contribution >= 4 is 11.2 Å². The molecular weight excluding hydrogens is 210 g/mol. The lowest BCUT2D eigenvalue weighted by molar-refractivity contribution is 1.16. The summed E-state index contributed by atoms with van der Waals surface area (Å²) in [5.74, 6) is 0.927. The number of imidazole rings is 1. The number of hydrogen-bond donors (Lipinski definition) is 1. The molecule has 1 aromatic carbocycles. The van der Waals surface area contributed by atoms with E-state index >= 15 is 0 Å². The number of aryl methyl sites for hydroxylation is 1. The van der Waals surface area contributed by atoms with E-state index in [-0.39, 0.29) is 0 Å². The van der Waals surface area contributed by atoms with Crippen molar-refractivity contribution in [3.05, 3.63) is 54.4 Å². The molecule has 3 rings (SSSR count). The van der Waals surface area contributed by atoms with Gasteiger partial charge < -0.3 is 5.73 Å². The maximum absolute atomic E-state index is 5.92. The number of hydrogen-bond acceptors (Lipinski definition) is 2. The maximum atomic E-state index is 5.92.